The fourth-order valence-corrected chi connectivity index (χ4v) is 5.95. The van der Waals surface area contributed by atoms with Gasteiger partial charge in [0, 0.05) is 12.3 Å². The third kappa shape index (κ3) is 1.94. The molecule has 0 aromatic heterocycles. The van der Waals surface area contributed by atoms with Crippen molar-refractivity contribution in [2.45, 2.75) is 90.6 Å². The molecule has 4 heteroatoms. The number of hydrogen-bond donors (Lipinski definition) is 2. The van der Waals surface area contributed by atoms with E-state index in [-0.39, 0.29) is 11.2 Å². The second-order valence-corrected chi connectivity index (χ2v) is 9.22. The summed E-state index contributed by atoms with van der Waals surface area (Å²) in [7, 11) is 0. The molecule has 0 bridgehead atoms. The first-order valence-electron chi connectivity index (χ1n) is 9.19. The normalized spacial score (nSPS) is 51.2. The highest BCUT2D eigenvalue weighted by Gasteiger charge is 2.74. The van der Waals surface area contributed by atoms with Crippen LogP contribution in [0.2, 0.25) is 0 Å². The standard InChI is InChI=1S/C20H32O4/c1-7-12(2)15-14(22)16-18(5,24-15)10-11-20(23)17(3,4)9-8-13(21)19(16,20)6/h7,14-16,22-23H,8-11H2,1-6H3. The lowest BCUT2D eigenvalue weighted by atomic mass is 9.42. The molecule has 3 rings (SSSR count). The number of hydrogen-bond acceptors (Lipinski definition) is 4. The highest BCUT2D eigenvalue weighted by Crippen LogP contribution is 2.66. The minimum Gasteiger partial charge on any atom is -0.390 e. The summed E-state index contributed by atoms with van der Waals surface area (Å²) in [5.41, 5.74) is -2.05. The summed E-state index contributed by atoms with van der Waals surface area (Å²) in [6.45, 7) is 11.9. The molecule has 3 fully saturated rings. The van der Waals surface area contributed by atoms with Crippen LogP contribution in [-0.2, 0) is 9.53 Å². The minimum absolute atomic E-state index is 0.0710. The van der Waals surface area contributed by atoms with E-state index in [1.54, 1.807) is 0 Å². The molecule has 1 heterocycles. The van der Waals surface area contributed by atoms with Gasteiger partial charge in [-0.1, -0.05) is 19.9 Å². The molecule has 1 saturated heterocycles. The van der Waals surface area contributed by atoms with E-state index in [1.165, 1.54) is 0 Å². The summed E-state index contributed by atoms with van der Waals surface area (Å²) in [4.78, 5) is 13.1. The van der Waals surface area contributed by atoms with Crippen LogP contribution < -0.4 is 0 Å². The zero-order valence-corrected chi connectivity index (χ0v) is 15.8. The molecule has 0 aromatic rings. The number of ketones is 1. The molecule has 0 radical (unpaired) electrons. The molecule has 0 spiro atoms. The van der Waals surface area contributed by atoms with Gasteiger partial charge in [-0.2, -0.15) is 0 Å². The second kappa shape index (κ2) is 5.15. The number of allylic oxidation sites excluding steroid dienone is 1. The molecular formula is C20H32O4. The van der Waals surface area contributed by atoms with Gasteiger partial charge in [0.2, 0.25) is 0 Å². The van der Waals surface area contributed by atoms with Crippen LogP contribution in [0.3, 0.4) is 0 Å². The Kier molecular flexibility index (Phi) is 3.88. The van der Waals surface area contributed by atoms with Crippen molar-refractivity contribution in [2.75, 3.05) is 0 Å². The summed E-state index contributed by atoms with van der Waals surface area (Å²) in [6.07, 6.45) is 3.11. The number of rotatable bonds is 1. The molecule has 4 nitrogen and oxygen atoms in total. The molecule has 6 unspecified atom stereocenters. The number of Topliss-reactive ketones (excluding diaryl/α,β-unsaturated/α-hetero) is 1. The lowest BCUT2D eigenvalue weighted by Gasteiger charge is -2.64. The first-order valence-corrected chi connectivity index (χ1v) is 9.19. The van der Waals surface area contributed by atoms with Crippen molar-refractivity contribution in [3.8, 4) is 0 Å². The highest BCUT2D eigenvalue weighted by molar-refractivity contribution is 5.88. The molecule has 6 atom stereocenters. The van der Waals surface area contributed by atoms with Crippen LogP contribution in [0, 0.1) is 16.7 Å². The second-order valence-electron chi connectivity index (χ2n) is 9.22. The number of ether oxygens (including phenoxy) is 1. The predicted octanol–water partition coefficient (Wildman–Crippen LogP) is 3.01. The van der Waals surface area contributed by atoms with Crippen LogP contribution in [-0.4, -0.2) is 39.4 Å². The van der Waals surface area contributed by atoms with E-state index in [0.29, 0.717) is 25.7 Å². The van der Waals surface area contributed by atoms with Crippen LogP contribution >= 0.6 is 0 Å². The number of aliphatic hydroxyl groups excluding tert-OH is 1. The van der Waals surface area contributed by atoms with Gasteiger partial charge in [0.1, 0.15) is 11.9 Å². The molecule has 24 heavy (non-hydrogen) atoms. The molecule has 0 amide bonds. The van der Waals surface area contributed by atoms with E-state index in [2.05, 4.69) is 13.8 Å². The first-order chi connectivity index (χ1) is 10.9. The van der Waals surface area contributed by atoms with Crippen molar-refractivity contribution < 1.29 is 19.7 Å². The van der Waals surface area contributed by atoms with Gasteiger partial charge in [-0.25, -0.2) is 0 Å². The summed E-state index contributed by atoms with van der Waals surface area (Å²) < 4.78 is 6.31. The molecular weight excluding hydrogens is 304 g/mol. The van der Waals surface area contributed by atoms with Crippen molar-refractivity contribution in [3.63, 3.8) is 0 Å². The van der Waals surface area contributed by atoms with Gasteiger partial charge in [-0.3, -0.25) is 4.79 Å². The number of carbonyl (C=O) groups excluding carboxylic acids is 1. The van der Waals surface area contributed by atoms with Gasteiger partial charge in [0.15, 0.2) is 0 Å². The van der Waals surface area contributed by atoms with Gasteiger partial charge in [0.25, 0.3) is 0 Å². The summed E-state index contributed by atoms with van der Waals surface area (Å²) in [5, 5.41) is 22.8. The number of carbonyl (C=O) groups is 1. The quantitative estimate of drug-likeness (QED) is 0.722. The Bertz CT molecular complexity index is 594. The topological polar surface area (TPSA) is 66.8 Å². The zero-order chi connectivity index (χ0) is 18.1. The van der Waals surface area contributed by atoms with Crippen LogP contribution in [0.15, 0.2) is 11.6 Å². The Balaban J connectivity index is 2.15. The van der Waals surface area contributed by atoms with Crippen LogP contribution in [0.25, 0.3) is 0 Å². The maximum atomic E-state index is 13.1. The Labute approximate surface area is 145 Å². The fraction of sp³-hybridized carbons (Fsp3) is 0.850. The lowest BCUT2D eigenvalue weighted by molar-refractivity contribution is -0.247. The maximum Gasteiger partial charge on any atom is 0.142 e. The van der Waals surface area contributed by atoms with Crippen molar-refractivity contribution in [1.82, 2.24) is 0 Å². The molecule has 136 valence electrons. The zero-order valence-electron chi connectivity index (χ0n) is 15.8. The Morgan fingerprint density at radius 2 is 1.83 bits per heavy atom. The summed E-state index contributed by atoms with van der Waals surface area (Å²) in [5.74, 6) is -0.322. The van der Waals surface area contributed by atoms with E-state index >= 15 is 0 Å². The Hall–Kier alpha value is -0.710. The van der Waals surface area contributed by atoms with Gasteiger partial charge < -0.3 is 14.9 Å². The monoisotopic (exact) mass is 336 g/mol. The molecule has 0 aromatic carbocycles. The minimum atomic E-state index is -1.11. The van der Waals surface area contributed by atoms with Gasteiger partial charge in [0.05, 0.1) is 22.7 Å². The molecule has 2 aliphatic carbocycles. The number of aliphatic hydroxyl groups is 2. The third-order valence-corrected chi connectivity index (χ3v) is 7.75. The SMILES string of the molecule is CC=C(C)C1OC2(C)CCC3(O)C(C)(C)CCC(=O)C3(C)C2C1O. The van der Waals surface area contributed by atoms with Crippen molar-refractivity contribution in [3.05, 3.63) is 11.6 Å². The van der Waals surface area contributed by atoms with Crippen LogP contribution in [0.1, 0.15) is 67.2 Å². The van der Waals surface area contributed by atoms with Gasteiger partial charge >= 0.3 is 0 Å². The molecule has 3 aliphatic rings. The van der Waals surface area contributed by atoms with E-state index in [0.717, 1.165) is 5.57 Å². The molecule has 2 N–H and O–H groups in total. The van der Waals surface area contributed by atoms with Crippen molar-refractivity contribution in [1.29, 1.82) is 0 Å². The summed E-state index contributed by atoms with van der Waals surface area (Å²) >= 11 is 0. The fourth-order valence-electron chi connectivity index (χ4n) is 5.95. The number of fused-ring (bicyclic) bond motifs is 3. The largest absolute Gasteiger partial charge is 0.390 e. The average molecular weight is 336 g/mol. The van der Waals surface area contributed by atoms with Crippen molar-refractivity contribution >= 4 is 5.78 Å². The molecule has 2 saturated carbocycles. The van der Waals surface area contributed by atoms with E-state index in [9.17, 15) is 15.0 Å². The third-order valence-electron chi connectivity index (χ3n) is 7.75. The van der Waals surface area contributed by atoms with E-state index in [1.807, 2.05) is 33.8 Å². The molecule has 1 aliphatic heterocycles. The van der Waals surface area contributed by atoms with E-state index < -0.39 is 34.7 Å². The van der Waals surface area contributed by atoms with Gasteiger partial charge in [-0.15, -0.1) is 0 Å². The highest BCUT2D eigenvalue weighted by atomic mass is 16.5. The predicted molar refractivity (Wildman–Crippen MR) is 92.5 cm³/mol. The summed E-state index contributed by atoms with van der Waals surface area (Å²) in [6, 6.07) is 0. The Morgan fingerprint density at radius 1 is 1.21 bits per heavy atom. The van der Waals surface area contributed by atoms with Crippen LogP contribution in [0.4, 0.5) is 0 Å². The smallest absolute Gasteiger partial charge is 0.142 e. The Morgan fingerprint density at radius 3 is 2.42 bits per heavy atom. The maximum absolute atomic E-state index is 13.1. The average Bonchev–Trinajstić information content (AvgIpc) is 2.79. The van der Waals surface area contributed by atoms with Crippen molar-refractivity contribution in [2.24, 2.45) is 16.7 Å². The first kappa shape index (κ1) is 18.1. The van der Waals surface area contributed by atoms with E-state index in [4.69, 9.17) is 4.74 Å². The van der Waals surface area contributed by atoms with Crippen LogP contribution in [0.5, 0.6) is 0 Å². The van der Waals surface area contributed by atoms with Gasteiger partial charge in [-0.05, 0) is 57.9 Å². The lowest BCUT2D eigenvalue weighted by Crippen LogP contribution is -2.72.